The molecule has 1 amide bonds. The summed E-state index contributed by atoms with van der Waals surface area (Å²) in [6, 6.07) is 0. The first kappa shape index (κ1) is 18.8. The summed E-state index contributed by atoms with van der Waals surface area (Å²) in [7, 11) is 1.72. The molecule has 0 aromatic rings. The summed E-state index contributed by atoms with van der Waals surface area (Å²) in [5, 5.41) is 6.17. The highest BCUT2D eigenvalue weighted by Gasteiger charge is 2.08. The Balaban J connectivity index is 0. The molecule has 6 heteroatoms. The summed E-state index contributed by atoms with van der Waals surface area (Å²) in [5.74, 6) is 0.930. The number of carbonyl (C=O) groups is 1. The zero-order valence-corrected chi connectivity index (χ0v) is 13.6. The van der Waals surface area contributed by atoms with E-state index in [4.69, 9.17) is 0 Å². The molecule has 0 aromatic heterocycles. The molecule has 0 aliphatic heterocycles. The maximum absolute atomic E-state index is 11.7. The number of halogens is 1. The number of carbonyl (C=O) groups excluding carboxylic acids is 1. The van der Waals surface area contributed by atoms with Crippen molar-refractivity contribution in [1.29, 1.82) is 0 Å². The highest BCUT2D eigenvalue weighted by molar-refractivity contribution is 14.0. The van der Waals surface area contributed by atoms with Crippen molar-refractivity contribution in [2.45, 2.75) is 27.2 Å². The monoisotopic (exact) mass is 356 g/mol. The number of hydrogen-bond acceptors (Lipinski definition) is 2. The minimum absolute atomic E-state index is 0. The lowest BCUT2D eigenvalue weighted by Crippen LogP contribution is -2.39. The number of guanidine groups is 1. The second kappa shape index (κ2) is 11.9. The van der Waals surface area contributed by atoms with Crippen LogP contribution in [0.3, 0.4) is 0 Å². The lowest BCUT2D eigenvalue weighted by Gasteiger charge is -2.19. The summed E-state index contributed by atoms with van der Waals surface area (Å²) in [4.78, 5) is 17.5. The van der Waals surface area contributed by atoms with E-state index in [-0.39, 0.29) is 29.9 Å². The maximum atomic E-state index is 11.7. The van der Waals surface area contributed by atoms with Gasteiger partial charge in [0.25, 0.3) is 0 Å². The van der Waals surface area contributed by atoms with Gasteiger partial charge in [-0.3, -0.25) is 9.79 Å². The summed E-state index contributed by atoms with van der Waals surface area (Å²) in [6.07, 6.45) is 0.506. The number of aliphatic imine (C=N–C) groups is 1. The number of hydrogen-bond donors (Lipinski definition) is 2. The Bertz CT molecular complexity index is 230. The molecule has 102 valence electrons. The summed E-state index contributed by atoms with van der Waals surface area (Å²) < 4.78 is 0. The Morgan fingerprint density at radius 1 is 1.18 bits per heavy atom. The average Bonchev–Trinajstić information content (AvgIpc) is 2.29. The van der Waals surface area contributed by atoms with Gasteiger partial charge in [0.2, 0.25) is 5.91 Å². The predicted octanol–water partition coefficient (Wildman–Crippen LogP) is 1.05. The molecule has 0 atom stereocenters. The van der Waals surface area contributed by atoms with Crippen molar-refractivity contribution in [2.75, 3.05) is 33.2 Å². The fourth-order valence-electron chi connectivity index (χ4n) is 1.41. The molecule has 0 bridgehead atoms. The Morgan fingerprint density at radius 3 is 2.18 bits per heavy atom. The van der Waals surface area contributed by atoms with E-state index in [1.54, 1.807) is 7.05 Å². The van der Waals surface area contributed by atoms with Crippen LogP contribution in [0.2, 0.25) is 0 Å². The van der Waals surface area contributed by atoms with Crippen molar-refractivity contribution in [3.8, 4) is 0 Å². The third-order valence-corrected chi connectivity index (χ3v) is 2.32. The van der Waals surface area contributed by atoms with E-state index in [9.17, 15) is 4.79 Å². The van der Waals surface area contributed by atoms with E-state index in [1.165, 1.54) is 0 Å². The average molecular weight is 356 g/mol. The third-order valence-electron chi connectivity index (χ3n) is 2.32. The van der Waals surface area contributed by atoms with Crippen LogP contribution in [0.25, 0.3) is 0 Å². The standard InChI is InChI=1S/C11H24N4O.HI/c1-5-13-11(12-4)14-9-8-10(16)15(6-2)7-3;/h5-9H2,1-4H3,(H2,12,13,14);1H. The maximum Gasteiger partial charge on any atom is 0.224 e. The van der Waals surface area contributed by atoms with E-state index in [0.29, 0.717) is 13.0 Å². The highest BCUT2D eigenvalue weighted by atomic mass is 127. The van der Waals surface area contributed by atoms with Gasteiger partial charge in [-0.2, -0.15) is 0 Å². The van der Waals surface area contributed by atoms with Gasteiger partial charge >= 0.3 is 0 Å². The molecule has 2 N–H and O–H groups in total. The summed E-state index contributed by atoms with van der Waals surface area (Å²) in [5.41, 5.74) is 0. The van der Waals surface area contributed by atoms with E-state index in [2.05, 4.69) is 15.6 Å². The van der Waals surface area contributed by atoms with Crippen molar-refractivity contribution in [3.05, 3.63) is 0 Å². The van der Waals surface area contributed by atoms with Crippen molar-refractivity contribution in [3.63, 3.8) is 0 Å². The van der Waals surface area contributed by atoms with Crippen LogP contribution in [0.1, 0.15) is 27.2 Å². The molecule has 0 rings (SSSR count). The van der Waals surface area contributed by atoms with Crippen molar-refractivity contribution < 1.29 is 4.79 Å². The number of nitrogens with one attached hydrogen (secondary N) is 2. The van der Waals surface area contributed by atoms with Crippen LogP contribution < -0.4 is 10.6 Å². The summed E-state index contributed by atoms with van der Waals surface area (Å²) in [6.45, 7) is 8.99. The highest BCUT2D eigenvalue weighted by Crippen LogP contribution is 1.92. The largest absolute Gasteiger partial charge is 0.357 e. The second-order valence-electron chi connectivity index (χ2n) is 3.35. The van der Waals surface area contributed by atoms with Crippen LogP contribution in [-0.2, 0) is 4.79 Å². The molecule has 0 saturated carbocycles. The quantitative estimate of drug-likeness (QED) is 0.425. The van der Waals surface area contributed by atoms with Gasteiger partial charge in [-0.15, -0.1) is 24.0 Å². The van der Waals surface area contributed by atoms with Crippen LogP contribution in [0.4, 0.5) is 0 Å². The lowest BCUT2D eigenvalue weighted by atomic mass is 10.3. The van der Waals surface area contributed by atoms with Gasteiger partial charge in [-0.1, -0.05) is 0 Å². The second-order valence-corrected chi connectivity index (χ2v) is 3.35. The molecule has 0 radical (unpaired) electrons. The first-order valence-electron chi connectivity index (χ1n) is 5.91. The molecule has 0 spiro atoms. The van der Waals surface area contributed by atoms with E-state index >= 15 is 0 Å². The van der Waals surface area contributed by atoms with Crippen LogP contribution in [-0.4, -0.2) is 50.0 Å². The number of nitrogens with zero attached hydrogens (tertiary/aromatic N) is 2. The predicted molar refractivity (Wildman–Crippen MR) is 83.0 cm³/mol. The Labute approximate surface area is 121 Å². The normalized spacial score (nSPS) is 10.5. The number of rotatable bonds is 6. The molecular weight excluding hydrogens is 331 g/mol. The van der Waals surface area contributed by atoms with E-state index in [1.807, 2.05) is 25.7 Å². The first-order chi connectivity index (χ1) is 7.69. The molecular formula is C11H25IN4O. The molecule has 17 heavy (non-hydrogen) atoms. The Hall–Kier alpha value is -0.530. The van der Waals surface area contributed by atoms with Crippen LogP contribution >= 0.6 is 24.0 Å². The van der Waals surface area contributed by atoms with Crippen LogP contribution in [0.5, 0.6) is 0 Å². The SMILES string of the molecule is CCNC(=NC)NCCC(=O)N(CC)CC.I. The topological polar surface area (TPSA) is 56.7 Å². The molecule has 0 aliphatic rings. The zero-order chi connectivity index (χ0) is 12.4. The van der Waals surface area contributed by atoms with Crippen molar-refractivity contribution >= 4 is 35.8 Å². The minimum atomic E-state index is 0. The molecule has 5 nitrogen and oxygen atoms in total. The van der Waals surface area contributed by atoms with Crippen LogP contribution in [0.15, 0.2) is 4.99 Å². The van der Waals surface area contributed by atoms with Gasteiger partial charge < -0.3 is 15.5 Å². The fraction of sp³-hybridized carbons (Fsp3) is 0.818. The summed E-state index contributed by atoms with van der Waals surface area (Å²) >= 11 is 0. The van der Waals surface area contributed by atoms with Gasteiger partial charge in [-0.05, 0) is 20.8 Å². The molecule has 0 fully saturated rings. The van der Waals surface area contributed by atoms with Gasteiger partial charge in [-0.25, -0.2) is 0 Å². The Kier molecular flexibility index (Phi) is 13.2. The lowest BCUT2D eigenvalue weighted by molar-refractivity contribution is -0.130. The zero-order valence-electron chi connectivity index (χ0n) is 11.2. The third kappa shape index (κ3) is 8.23. The molecule has 0 heterocycles. The van der Waals surface area contributed by atoms with Crippen molar-refractivity contribution in [2.24, 2.45) is 4.99 Å². The molecule has 0 unspecified atom stereocenters. The van der Waals surface area contributed by atoms with Crippen LogP contribution in [0, 0.1) is 0 Å². The van der Waals surface area contributed by atoms with E-state index < -0.39 is 0 Å². The fourth-order valence-corrected chi connectivity index (χ4v) is 1.41. The van der Waals surface area contributed by atoms with Crippen molar-refractivity contribution in [1.82, 2.24) is 15.5 Å². The Morgan fingerprint density at radius 2 is 1.76 bits per heavy atom. The van der Waals surface area contributed by atoms with Gasteiger partial charge in [0.05, 0.1) is 0 Å². The van der Waals surface area contributed by atoms with Gasteiger partial charge in [0.1, 0.15) is 0 Å². The first-order valence-corrected chi connectivity index (χ1v) is 5.91. The molecule has 0 saturated heterocycles. The smallest absolute Gasteiger partial charge is 0.224 e. The minimum Gasteiger partial charge on any atom is -0.357 e. The van der Waals surface area contributed by atoms with Gasteiger partial charge in [0.15, 0.2) is 5.96 Å². The molecule has 0 aromatic carbocycles. The molecule has 0 aliphatic carbocycles. The van der Waals surface area contributed by atoms with Gasteiger partial charge in [0, 0.05) is 39.6 Å². The number of amides is 1. The van der Waals surface area contributed by atoms with E-state index in [0.717, 1.165) is 25.6 Å².